The first-order chi connectivity index (χ1) is 12.8. The van der Waals surface area contributed by atoms with E-state index in [9.17, 15) is 8.42 Å². The Morgan fingerprint density at radius 3 is 2.26 bits per heavy atom. The first-order valence-electron chi connectivity index (χ1n) is 9.53. The van der Waals surface area contributed by atoms with Gasteiger partial charge in [-0.2, -0.15) is 0 Å². The predicted molar refractivity (Wildman–Crippen MR) is 113 cm³/mol. The smallest absolute Gasteiger partial charge is 0.210 e. The summed E-state index contributed by atoms with van der Waals surface area (Å²) in [6.45, 7) is 7.32. The molecule has 0 amide bonds. The number of hydrogen-bond donors (Lipinski definition) is 0. The molecule has 27 heavy (non-hydrogen) atoms. The molecule has 0 bridgehead atoms. The maximum atomic E-state index is 12.9. The van der Waals surface area contributed by atoms with E-state index in [4.69, 9.17) is 0 Å². The molecular weight excluding hydrogens is 374 g/mol. The molecule has 4 rings (SSSR count). The molecule has 0 unspecified atom stereocenters. The maximum absolute atomic E-state index is 12.9. The summed E-state index contributed by atoms with van der Waals surface area (Å²) in [5.74, 6) is 1.54. The van der Waals surface area contributed by atoms with Gasteiger partial charge in [0.1, 0.15) is 16.5 Å². The largest absolute Gasteiger partial charge is 0.234 e. The number of fused-ring (bicyclic) bond motifs is 1. The molecule has 1 fully saturated rings. The van der Waals surface area contributed by atoms with Gasteiger partial charge in [0.2, 0.25) is 9.84 Å². The highest BCUT2D eigenvalue weighted by Gasteiger charge is 2.38. The molecule has 7 heteroatoms. The van der Waals surface area contributed by atoms with Crippen molar-refractivity contribution < 1.29 is 8.42 Å². The van der Waals surface area contributed by atoms with Gasteiger partial charge in [-0.3, -0.25) is 0 Å². The molecule has 1 aromatic rings. The maximum Gasteiger partial charge on any atom is 0.210 e. The summed E-state index contributed by atoms with van der Waals surface area (Å²) < 4.78 is 25.9. The molecule has 0 spiro atoms. The van der Waals surface area contributed by atoms with Crippen LogP contribution in [0.15, 0.2) is 61.3 Å². The Balaban J connectivity index is 1.53. The zero-order valence-corrected chi connectivity index (χ0v) is 17.8. The Kier molecular flexibility index (Phi) is 4.54. The van der Waals surface area contributed by atoms with Gasteiger partial charge in [-0.05, 0) is 30.5 Å². The molecule has 0 radical (unpaired) electrons. The molecule has 1 saturated carbocycles. The summed E-state index contributed by atoms with van der Waals surface area (Å²) in [5, 5.41) is 0. The van der Waals surface area contributed by atoms with E-state index in [1.807, 2.05) is 0 Å². The van der Waals surface area contributed by atoms with Gasteiger partial charge in [-0.15, -0.1) is 0 Å². The first kappa shape index (κ1) is 18.5. The lowest BCUT2D eigenvalue weighted by Gasteiger charge is -2.35. The predicted octanol–water partition coefficient (Wildman–Crippen LogP) is 4.47. The van der Waals surface area contributed by atoms with Gasteiger partial charge in [-0.1, -0.05) is 50.7 Å². The van der Waals surface area contributed by atoms with E-state index in [0.717, 1.165) is 24.2 Å². The van der Waals surface area contributed by atoms with Gasteiger partial charge in [0.25, 0.3) is 0 Å². The second kappa shape index (κ2) is 6.63. The third-order valence-electron chi connectivity index (χ3n) is 5.86. The highest BCUT2D eigenvalue weighted by Crippen LogP contribution is 2.40. The lowest BCUT2D eigenvalue weighted by molar-refractivity contribution is 0.430. The summed E-state index contributed by atoms with van der Waals surface area (Å²) in [5.41, 5.74) is 1.27. The quantitative estimate of drug-likeness (QED) is 0.701. The standard InChI is InChI=1S/C20H25N3O2SSi/c1-27(2,3)16-11-9-14(10-12-16)19-22-18-17(13-21-20(18)23-19)26(24,25)15-7-5-4-6-8-15/h4-8,13-14,16H,9-12H2,1-3H3. The molecule has 2 aliphatic heterocycles. The third-order valence-corrected chi connectivity index (χ3v) is 10.7. The summed E-state index contributed by atoms with van der Waals surface area (Å²) in [4.78, 5) is 13.9. The van der Waals surface area contributed by atoms with Crippen LogP contribution in [0.4, 0.5) is 0 Å². The number of nitrogens with zero attached hydrogens (tertiary/aromatic N) is 3. The van der Waals surface area contributed by atoms with Crippen LogP contribution in [0.2, 0.25) is 25.2 Å². The van der Waals surface area contributed by atoms with Crippen molar-refractivity contribution in [2.75, 3.05) is 0 Å². The van der Waals surface area contributed by atoms with Crippen molar-refractivity contribution in [2.45, 2.75) is 55.8 Å². The molecule has 0 saturated heterocycles. The number of rotatable bonds is 4. The van der Waals surface area contributed by atoms with Gasteiger partial charge >= 0.3 is 0 Å². The van der Waals surface area contributed by atoms with Crippen molar-refractivity contribution in [3.8, 4) is 0 Å². The highest BCUT2D eigenvalue weighted by atomic mass is 32.2. The van der Waals surface area contributed by atoms with Gasteiger partial charge in [0.15, 0.2) is 5.84 Å². The van der Waals surface area contributed by atoms with Crippen LogP contribution in [0, 0.1) is 5.92 Å². The Bertz CT molecular complexity index is 978. The lowest BCUT2D eigenvalue weighted by Crippen LogP contribution is -2.32. The number of sulfone groups is 1. The zero-order chi connectivity index (χ0) is 19.2. The number of hydrogen-bond acceptors (Lipinski definition) is 5. The summed E-state index contributed by atoms with van der Waals surface area (Å²) in [7, 11) is -4.74. The van der Waals surface area contributed by atoms with Crippen LogP contribution >= 0.6 is 0 Å². The van der Waals surface area contributed by atoms with E-state index in [2.05, 4.69) is 34.6 Å². The molecule has 0 N–H and O–H groups in total. The van der Waals surface area contributed by atoms with Crippen molar-refractivity contribution in [1.29, 1.82) is 0 Å². The fourth-order valence-corrected chi connectivity index (χ4v) is 7.53. The van der Waals surface area contributed by atoms with Crippen LogP contribution in [0.1, 0.15) is 25.7 Å². The van der Waals surface area contributed by atoms with Crippen LogP contribution in [0.3, 0.4) is 0 Å². The molecule has 142 valence electrons. The fourth-order valence-electron chi connectivity index (χ4n) is 4.11. The minimum Gasteiger partial charge on any atom is -0.234 e. The van der Waals surface area contributed by atoms with Crippen LogP contribution in [0.25, 0.3) is 0 Å². The highest BCUT2D eigenvalue weighted by molar-refractivity contribution is 7.96. The fraction of sp³-hybridized carbons (Fsp3) is 0.450. The summed E-state index contributed by atoms with van der Waals surface area (Å²) in [6.07, 6.45) is 6.01. The van der Waals surface area contributed by atoms with Crippen molar-refractivity contribution in [1.82, 2.24) is 0 Å². The van der Waals surface area contributed by atoms with Crippen LogP contribution in [0.5, 0.6) is 0 Å². The van der Waals surface area contributed by atoms with Gasteiger partial charge < -0.3 is 0 Å². The Morgan fingerprint density at radius 1 is 0.963 bits per heavy atom. The first-order valence-corrected chi connectivity index (χ1v) is 14.6. The molecule has 0 atom stereocenters. The second-order valence-electron chi connectivity index (χ2n) is 8.61. The normalized spacial score (nSPS) is 25.4. The van der Waals surface area contributed by atoms with Crippen LogP contribution in [-0.4, -0.2) is 33.9 Å². The van der Waals surface area contributed by atoms with Gasteiger partial charge in [-0.25, -0.2) is 23.4 Å². The van der Waals surface area contributed by atoms with Crippen molar-refractivity contribution in [3.05, 3.63) is 41.4 Å². The van der Waals surface area contributed by atoms with Crippen molar-refractivity contribution in [3.63, 3.8) is 0 Å². The minimum absolute atomic E-state index is 0.165. The van der Waals surface area contributed by atoms with E-state index >= 15 is 0 Å². The van der Waals surface area contributed by atoms with Crippen molar-refractivity contribution >= 4 is 35.3 Å². The molecule has 1 aliphatic carbocycles. The minimum atomic E-state index is -3.63. The second-order valence-corrected chi connectivity index (χ2v) is 16.1. The van der Waals surface area contributed by atoms with E-state index in [0.29, 0.717) is 17.5 Å². The molecule has 3 aliphatic rings. The molecule has 5 nitrogen and oxygen atoms in total. The molecule has 1 aromatic carbocycles. The summed E-state index contributed by atoms with van der Waals surface area (Å²) in [6, 6.07) is 8.44. The summed E-state index contributed by atoms with van der Waals surface area (Å²) >= 11 is 0. The Labute approximate surface area is 162 Å². The number of amidine groups is 2. The Hall–Kier alpha value is -1.86. The van der Waals surface area contributed by atoms with Crippen LogP contribution in [-0.2, 0) is 9.84 Å². The molecule has 2 heterocycles. The van der Waals surface area contributed by atoms with Crippen LogP contribution < -0.4 is 0 Å². The topological polar surface area (TPSA) is 71.2 Å². The SMILES string of the molecule is C[Si](C)(C)C1CCC(C2=NC3=NC=C(S(=O)(=O)c4ccccc4)C3=N2)CC1. The Morgan fingerprint density at radius 2 is 1.63 bits per heavy atom. The molecule has 0 aromatic heterocycles. The van der Waals surface area contributed by atoms with E-state index < -0.39 is 17.9 Å². The van der Waals surface area contributed by atoms with Gasteiger partial charge in [0, 0.05) is 14.0 Å². The monoisotopic (exact) mass is 399 g/mol. The average Bonchev–Trinajstić information content (AvgIpc) is 3.22. The molecular formula is C20H25N3O2SSi. The number of benzene rings is 1. The van der Waals surface area contributed by atoms with E-state index in [-0.39, 0.29) is 9.80 Å². The zero-order valence-electron chi connectivity index (χ0n) is 16.0. The lowest BCUT2D eigenvalue weighted by atomic mass is 9.88. The third kappa shape index (κ3) is 3.38. The van der Waals surface area contributed by atoms with Crippen molar-refractivity contribution in [2.24, 2.45) is 20.9 Å². The van der Waals surface area contributed by atoms with E-state index in [1.165, 1.54) is 19.0 Å². The average molecular weight is 400 g/mol. The van der Waals surface area contributed by atoms with E-state index in [1.54, 1.807) is 30.3 Å². The van der Waals surface area contributed by atoms with Gasteiger partial charge in [0.05, 0.1) is 11.1 Å². The number of aliphatic imine (C=N–C) groups is 3.